The average Bonchev–Trinajstić information content (AvgIpc) is 3.04. The van der Waals surface area contributed by atoms with E-state index in [2.05, 4.69) is 10.1 Å². The van der Waals surface area contributed by atoms with E-state index in [1.165, 1.54) is 4.68 Å². The van der Waals surface area contributed by atoms with E-state index in [0.29, 0.717) is 38.1 Å². The Morgan fingerprint density at radius 1 is 1.08 bits per heavy atom. The van der Waals surface area contributed by atoms with Crippen molar-refractivity contribution in [1.82, 2.24) is 9.78 Å². The van der Waals surface area contributed by atoms with Crippen molar-refractivity contribution in [3.05, 3.63) is 85.7 Å². The van der Waals surface area contributed by atoms with Gasteiger partial charge in [0.15, 0.2) is 0 Å². The Bertz CT molecular complexity index is 1160. The van der Waals surface area contributed by atoms with Crippen molar-refractivity contribution in [2.24, 2.45) is 4.99 Å². The van der Waals surface area contributed by atoms with E-state index in [-0.39, 0.29) is 5.56 Å². The molecule has 1 N–H and O–H groups in total. The molecular formula is C18H12ClN3O2. The number of aromatic nitrogens is 2. The van der Waals surface area contributed by atoms with Crippen LogP contribution in [0.2, 0.25) is 5.02 Å². The Morgan fingerprint density at radius 3 is 2.58 bits per heavy atom. The average molecular weight is 338 g/mol. The normalized spacial score (nSPS) is 13.1. The highest BCUT2D eigenvalue weighted by atomic mass is 35.5. The molecule has 6 heteroatoms. The lowest BCUT2D eigenvalue weighted by Gasteiger charge is -1.99. The number of carbonyl (C=O) groups excluding carboxylic acids is 1. The highest BCUT2D eigenvalue weighted by Gasteiger charge is 2.25. The Morgan fingerprint density at radius 2 is 1.83 bits per heavy atom. The molecule has 3 aromatic rings. The first kappa shape index (κ1) is 14.7. The zero-order valence-electron chi connectivity index (χ0n) is 12.7. The van der Waals surface area contributed by atoms with Crippen LogP contribution in [0.3, 0.4) is 0 Å². The largest absolute Gasteiger partial charge is 0.295 e. The molecule has 0 saturated heterocycles. The second-order valence-electron chi connectivity index (χ2n) is 5.54. The first-order chi connectivity index (χ1) is 11.6. The van der Waals surface area contributed by atoms with Crippen molar-refractivity contribution < 1.29 is 4.79 Å². The smallest absolute Gasteiger partial charge is 0.279 e. The number of aromatic amines is 1. The molecule has 0 radical (unpaired) electrons. The molecule has 4 rings (SSSR count). The van der Waals surface area contributed by atoms with Gasteiger partial charge in [-0.3, -0.25) is 14.7 Å². The topological polar surface area (TPSA) is 67.2 Å². The van der Waals surface area contributed by atoms with Gasteiger partial charge in [-0.25, -0.2) is 9.67 Å². The van der Waals surface area contributed by atoms with Gasteiger partial charge in [0.2, 0.25) is 0 Å². The molecule has 0 spiro atoms. The molecule has 1 amide bonds. The summed E-state index contributed by atoms with van der Waals surface area (Å²) in [6.07, 6.45) is 0. The molecule has 1 aromatic heterocycles. The van der Waals surface area contributed by atoms with Gasteiger partial charge in [0.1, 0.15) is 0 Å². The van der Waals surface area contributed by atoms with Crippen LogP contribution in [0.4, 0.5) is 0 Å². The van der Waals surface area contributed by atoms with Gasteiger partial charge in [-0.2, -0.15) is 0 Å². The van der Waals surface area contributed by atoms with Crippen molar-refractivity contribution in [2.45, 2.75) is 6.92 Å². The molecule has 2 aromatic carbocycles. The second kappa shape index (κ2) is 5.32. The summed E-state index contributed by atoms with van der Waals surface area (Å²) in [6.45, 7) is 1.76. The number of amides is 1. The lowest BCUT2D eigenvalue weighted by Crippen LogP contribution is -2.25. The fourth-order valence-electron chi connectivity index (χ4n) is 2.93. The predicted molar refractivity (Wildman–Crippen MR) is 90.9 cm³/mol. The van der Waals surface area contributed by atoms with Gasteiger partial charge in [-0.15, -0.1) is 0 Å². The first-order valence-corrected chi connectivity index (χ1v) is 7.74. The third-order valence-corrected chi connectivity index (χ3v) is 4.23. The third kappa shape index (κ3) is 2.13. The van der Waals surface area contributed by atoms with E-state index in [4.69, 9.17) is 11.6 Å². The first-order valence-electron chi connectivity index (χ1n) is 7.36. The number of fused-ring (bicyclic) bond motifs is 1. The van der Waals surface area contributed by atoms with Crippen LogP contribution < -0.4 is 16.1 Å². The third-order valence-electron chi connectivity index (χ3n) is 4.00. The summed E-state index contributed by atoms with van der Waals surface area (Å²) in [7, 11) is 0. The van der Waals surface area contributed by atoms with E-state index in [0.717, 1.165) is 0 Å². The number of nitrogens with zero attached hydrogens (tertiary/aromatic N) is 2. The number of hydrogen-bond acceptors (Lipinski definition) is 2. The van der Waals surface area contributed by atoms with E-state index in [9.17, 15) is 9.59 Å². The Balaban J connectivity index is 2.05. The van der Waals surface area contributed by atoms with Crippen LogP contribution in [-0.4, -0.2) is 15.7 Å². The Hall–Kier alpha value is -2.92. The fraction of sp³-hybridized carbons (Fsp3) is 0.0556. The maximum absolute atomic E-state index is 12.9. The van der Waals surface area contributed by atoms with E-state index < -0.39 is 5.91 Å². The Kier molecular flexibility index (Phi) is 3.25. The fourth-order valence-corrected chi connectivity index (χ4v) is 3.10. The quantitative estimate of drug-likeness (QED) is 0.769. The number of hydrogen-bond donors (Lipinski definition) is 1. The van der Waals surface area contributed by atoms with Crippen molar-refractivity contribution >= 4 is 23.1 Å². The van der Waals surface area contributed by atoms with Crippen LogP contribution in [-0.2, 0) is 4.79 Å². The standard InChI is InChI=1S/C18H12ClN3O2/c1-10-15(18(24)22(21-10)12-5-3-2-4-6-12)16-13-9-11(19)7-8-14(13)20-17(16)23/h2-9,21H,1H3. The predicted octanol–water partition coefficient (Wildman–Crippen LogP) is 1.49. The molecule has 1 aliphatic heterocycles. The minimum atomic E-state index is -0.424. The number of carbonyl (C=O) groups is 1. The maximum atomic E-state index is 12.9. The van der Waals surface area contributed by atoms with Crippen LogP contribution in [0, 0.1) is 6.92 Å². The minimum Gasteiger partial charge on any atom is -0.295 e. The SMILES string of the molecule is Cc1[nH]n(-c2ccccc2)c(=O)c1C1=c2cc(Cl)ccc2=NC1=O. The summed E-state index contributed by atoms with van der Waals surface area (Å²) in [6, 6.07) is 14.2. The number of rotatable bonds is 2. The lowest BCUT2D eigenvalue weighted by molar-refractivity contribution is -0.112. The number of aryl methyl sites for hydroxylation is 1. The highest BCUT2D eigenvalue weighted by molar-refractivity contribution is 6.30. The summed E-state index contributed by atoms with van der Waals surface area (Å²) < 4.78 is 1.42. The van der Waals surface area contributed by atoms with Gasteiger partial charge < -0.3 is 0 Å². The monoisotopic (exact) mass is 337 g/mol. The molecule has 2 heterocycles. The summed E-state index contributed by atoms with van der Waals surface area (Å²) in [5.74, 6) is -0.424. The summed E-state index contributed by atoms with van der Waals surface area (Å²) >= 11 is 6.05. The van der Waals surface area contributed by atoms with Crippen molar-refractivity contribution in [1.29, 1.82) is 0 Å². The van der Waals surface area contributed by atoms with Crippen LogP contribution in [0.15, 0.2) is 58.3 Å². The summed E-state index contributed by atoms with van der Waals surface area (Å²) in [5, 5.41) is 4.64. The molecular weight excluding hydrogens is 326 g/mol. The number of benzene rings is 2. The van der Waals surface area contributed by atoms with E-state index >= 15 is 0 Å². The molecule has 0 saturated carbocycles. The second-order valence-corrected chi connectivity index (χ2v) is 5.98. The van der Waals surface area contributed by atoms with Crippen LogP contribution >= 0.6 is 11.6 Å². The zero-order chi connectivity index (χ0) is 16.8. The number of H-pyrrole nitrogens is 1. The van der Waals surface area contributed by atoms with Gasteiger partial charge >= 0.3 is 0 Å². The number of para-hydroxylation sites is 1. The van der Waals surface area contributed by atoms with Crippen LogP contribution in [0.1, 0.15) is 11.3 Å². The molecule has 0 atom stereocenters. The van der Waals surface area contributed by atoms with E-state index in [1.807, 2.05) is 30.3 Å². The van der Waals surface area contributed by atoms with Crippen LogP contribution in [0.5, 0.6) is 0 Å². The van der Waals surface area contributed by atoms with E-state index in [1.54, 1.807) is 25.1 Å². The number of nitrogens with one attached hydrogen (secondary N) is 1. The molecule has 0 bridgehead atoms. The summed E-state index contributed by atoms with van der Waals surface area (Å²) in [5.41, 5.74) is 1.64. The highest BCUT2D eigenvalue weighted by Crippen LogP contribution is 2.16. The maximum Gasteiger partial charge on any atom is 0.279 e. The molecule has 24 heavy (non-hydrogen) atoms. The molecule has 1 aliphatic rings. The van der Waals surface area contributed by atoms with Crippen molar-refractivity contribution in [3.63, 3.8) is 0 Å². The van der Waals surface area contributed by atoms with Gasteiger partial charge in [0, 0.05) is 15.9 Å². The zero-order valence-corrected chi connectivity index (χ0v) is 13.5. The summed E-state index contributed by atoms with van der Waals surface area (Å²) in [4.78, 5) is 29.3. The van der Waals surface area contributed by atoms with Gasteiger partial charge in [-0.1, -0.05) is 29.8 Å². The van der Waals surface area contributed by atoms with Gasteiger partial charge in [0.25, 0.3) is 11.5 Å². The minimum absolute atomic E-state index is 0.287. The molecule has 118 valence electrons. The molecule has 0 aliphatic carbocycles. The molecule has 0 fully saturated rings. The van der Waals surface area contributed by atoms with Crippen LogP contribution in [0.25, 0.3) is 11.3 Å². The lowest BCUT2D eigenvalue weighted by atomic mass is 10.0. The Labute approximate surface area is 141 Å². The van der Waals surface area contributed by atoms with Crippen molar-refractivity contribution in [3.8, 4) is 5.69 Å². The molecule has 5 nitrogen and oxygen atoms in total. The van der Waals surface area contributed by atoms with Gasteiger partial charge in [0.05, 0.1) is 22.2 Å². The van der Waals surface area contributed by atoms with Crippen molar-refractivity contribution in [2.75, 3.05) is 0 Å². The molecule has 0 unspecified atom stereocenters. The number of halogens is 1. The van der Waals surface area contributed by atoms with Gasteiger partial charge in [-0.05, 0) is 37.3 Å².